The lowest BCUT2D eigenvalue weighted by Crippen LogP contribution is -2.43. The fourth-order valence-corrected chi connectivity index (χ4v) is 2.89. The Labute approximate surface area is 126 Å². The fourth-order valence-electron chi connectivity index (χ4n) is 1.83. The monoisotopic (exact) mass is 312 g/mol. The van der Waals surface area contributed by atoms with Gasteiger partial charge in [0.2, 0.25) is 0 Å². The molecular weight excluding hydrogens is 296 g/mol. The summed E-state index contributed by atoms with van der Waals surface area (Å²) in [6.07, 6.45) is 3.59. The van der Waals surface area contributed by atoms with Crippen molar-refractivity contribution in [3.05, 3.63) is 39.8 Å². The minimum atomic E-state index is -0.193. The normalized spacial score (nSPS) is 13.8. The smallest absolute Gasteiger partial charge is 0.315 e. The first kappa shape index (κ1) is 14.9. The van der Waals surface area contributed by atoms with Crippen LogP contribution in [0.1, 0.15) is 24.8 Å². The summed E-state index contributed by atoms with van der Waals surface area (Å²) in [6, 6.07) is 5.35. The van der Waals surface area contributed by atoms with Gasteiger partial charge >= 0.3 is 6.03 Å². The van der Waals surface area contributed by atoms with Crippen LogP contribution in [0.15, 0.2) is 30.6 Å². The molecule has 0 radical (unpaired) electrons. The Kier molecular flexibility index (Phi) is 5.03. The van der Waals surface area contributed by atoms with E-state index >= 15 is 0 Å². The quantitative estimate of drug-likeness (QED) is 0.891. The van der Waals surface area contributed by atoms with Crippen molar-refractivity contribution >= 4 is 29.0 Å². The van der Waals surface area contributed by atoms with Crippen LogP contribution in [0.2, 0.25) is 4.34 Å². The van der Waals surface area contributed by atoms with E-state index in [4.69, 9.17) is 11.6 Å². The summed E-state index contributed by atoms with van der Waals surface area (Å²) in [7, 11) is 0. The molecule has 0 saturated heterocycles. The third kappa shape index (κ3) is 4.25. The van der Waals surface area contributed by atoms with E-state index in [0.29, 0.717) is 6.54 Å². The predicted molar refractivity (Wildman–Crippen MR) is 81.1 cm³/mol. The second-order valence-electron chi connectivity index (χ2n) is 4.61. The molecule has 7 heteroatoms. The Bertz CT molecular complexity index is 554. The van der Waals surface area contributed by atoms with Gasteiger partial charge in [-0.05, 0) is 32.0 Å². The maximum absolute atomic E-state index is 11.9. The highest BCUT2D eigenvalue weighted by atomic mass is 35.5. The van der Waals surface area contributed by atoms with Crippen LogP contribution < -0.4 is 10.6 Å². The SMILES string of the molecule is C[C@@H](Cn1cccn1)NC(=O)N[C@H](C)c1ccc(Cl)s1. The molecule has 2 N–H and O–H groups in total. The van der Waals surface area contributed by atoms with Gasteiger partial charge in [-0.15, -0.1) is 11.3 Å². The molecule has 0 fully saturated rings. The molecule has 0 aliphatic heterocycles. The molecular formula is C13H17ClN4OS. The summed E-state index contributed by atoms with van der Waals surface area (Å²) >= 11 is 7.35. The predicted octanol–water partition coefficient (Wildman–Crippen LogP) is 3.05. The zero-order chi connectivity index (χ0) is 14.5. The molecule has 108 valence electrons. The lowest BCUT2D eigenvalue weighted by atomic mass is 10.3. The molecule has 0 aromatic carbocycles. The lowest BCUT2D eigenvalue weighted by Gasteiger charge is -2.17. The fraction of sp³-hybridized carbons (Fsp3) is 0.385. The molecule has 0 spiro atoms. The number of amides is 2. The summed E-state index contributed by atoms with van der Waals surface area (Å²) in [5, 5.41) is 9.89. The van der Waals surface area contributed by atoms with E-state index < -0.39 is 0 Å². The minimum Gasteiger partial charge on any atom is -0.334 e. The van der Waals surface area contributed by atoms with Gasteiger partial charge in [0, 0.05) is 23.3 Å². The van der Waals surface area contributed by atoms with Gasteiger partial charge in [-0.2, -0.15) is 5.10 Å². The number of hydrogen-bond donors (Lipinski definition) is 2. The Morgan fingerprint density at radius 3 is 2.85 bits per heavy atom. The van der Waals surface area contributed by atoms with Crippen LogP contribution in [0.4, 0.5) is 4.79 Å². The van der Waals surface area contributed by atoms with Crippen LogP contribution in [0.3, 0.4) is 0 Å². The van der Waals surface area contributed by atoms with Crippen molar-refractivity contribution < 1.29 is 4.79 Å². The first-order chi connectivity index (χ1) is 9.54. The number of hydrogen-bond acceptors (Lipinski definition) is 3. The van der Waals surface area contributed by atoms with Crippen LogP contribution in [0.5, 0.6) is 0 Å². The first-order valence-corrected chi connectivity index (χ1v) is 7.53. The summed E-state index contributed by atoms with van der Waals surface area (Å²) < 4.78 is 2.51. The van der Waals surface area contributed by atoms with Gasteiger partial charge in [0.1, 0.15) is 0 Å². The van der Waals surface area contributed by atoms with E-state index in [-0.39, 0.29) is 18.1 Å². The Balaban J connectivity index is 1.80. The molecule has 2 amide bonds. The van der Waals surface area contributed by atoms with Gasteiger partial charge in [-0.3, -0.25) is 4.68 Å². The number of urea groups is 1. The first-order valence-electron chi connectivity index (χ1n) is 6.34. The van der Waals surface area contributed by atoms with Crippen LogP contribution in [0.25, 0.3) is 0 Å². The number of aromatic nitrogens is 2. The molecule has 0 saturated carbocycles. The molecule has 2 atom stereocenters. The van der Waals surface area contributed by atoms with E-state index in [1.807, 2.05) is 38.2 Å². The van der Waals surface area contributed by atoms with E-state index in [2.05, 4.69) is 15.7 Å². The Hall–Kier alpha value is -1.53. The molecule has 0 aliphatic carbocycles. The van der Waals surface area contributed by atoms with E-state index in [0.717, 1.165) is 9.21 Å². The van der Waals surface area contributed by atoms with Crippen LogP contribution in [0, 0.1) is 0 Å². The van der Waals surface area contributed by atoms with Gasteiger partial charge in [0.05, 0.1) is 16.9 Å². The number of halogens is 1. The lowest BCUT2D eigenvalue weighted by molar-refractivity contribution is 0.233. The van der Waals surface area contributed by atoms with E-state index in [9.17, 15) is 4.79 Å². The van der Waals surface area contributed by atoms with E-state index in [1.54, 1.807) is 10.9 Å². The molecule has 20 heavy (non-hydrogen) atoms. The zero-order valence-corrected chi connectivity index (χ0v) is 12.9. The molecule has 0 bridgehead atoms. The highest BCUT2D eigenvalue weighted by Crippen LogP contribution is 2.26. The minimum absolute atomic E-state index is 0.00553. The van der Waals surface area contributed by atoms with Gasteiger partial charge in [0.15, 0.2) is 0 Å². The van der Waals surface area contributed by atoms with Gasteiger partial charge < -0.3 is 10.6 Å². The van der Waals surface area contributed by atoms with Gasteiger partial charge in [0.25, 0.3) is 0 Å². The van der Waals surface area contributed by atoms with Crippen molar-refractivity contribution in [1.29, 1.82) is 0 Å². The third-order valence-corrected chi connectivity index (χ3v) is 4.18. The second kappa shape index (κ2) is 6.76. The topological polar surface area (TPSA) is 59.0 Å². The number of nitrogens with one attached hydrogen (secondary N) is 2. The number of carbonyl (C=O) groups is 1. The third-order valence-electron chi connectivity index (χ3n) is 2.77. The van der Waals surface area contributed by atoms with Crippen molar-refractivity contribution in [1.82, 2.24) is 20.4 Å². The average molecular weight is 313 g/mol. The van der Waals surface area contributed by atoms with Crippen LogP contribution >= 0.6 is 22.9 Å². The molecule has 2 aromatic rings. The van der Waals surface area contributed by atoms with Crippen LogP contribution in [-0.4, -0.2) is 21.9 Å². The van der Waals surface area contributed by atoms with Crippen molar-refractivity contribution in [2.24, 2.45) is 0 Å². The van der Waals surface area contributed by atoms with Crippen molar-refractivity contribution in [3.63, 3.8) is 0 Å². The van der Waals surface area contributed by atoms with Gasteiger partial charge in [-0.1, -0.05) is 11.6 Å². The van der Waals surface area contributed by atoms with Crippen molar-refractivity contribution in [3.8, 4) is 0 Å². The number of rotatable bonds is 5. The molecule has 2 aromatic heterocycles. The number of nitrogens with zero attached hydrogens (tertiary/aromatic N) is 2. The maximum atomic E-state index is 11.9. The summed E-state index contributed by atoms with van der Waals surface area (Å²) in [4.78, 5) is 12.9. The highest BCUT2D eigenvalue weighted by Gasteiger charge is 2.13. The van der Waals surface area contributed by atoms with Crippen molar-refractivity contribution in [2.75, 3.05) is 0 Å². The zero-order valence-electron chi connectivity index (χ0n) is 11.3. The van der Waals surface area contributed by atoms with Crippen molar-refractivity contribution in [2.45, 2.75) is 32.5 Å². The molecule has 2 rings (SSSR count). The van der Waals surface area contributed by atoms with Gasteiger partial charge in [-0.25, -0.2) is 4.79 Å². The van der Waals surface area contributed by atoms with E-state index in [1.165, 1.54) is 11.3 Å². The molecule has 0 aliphatic rings. The molecule has 0 unspecified atom stereocenters. The maximum Gasteiger partial charge on any atom is 0.315 e. The molecule has 2 heterocycles. The number of thiophene rings is 1. The summed E-state index contributed by atoms with van der Waals surface area (Å²) in [6.45, 7) is 4.51. The average Bonchev–Trinajstić information content (AvgIpc) is 3.00. The Morgan fingerprint density at radius 1 is 1.45 bits per heavy atom. The summed E-state index contributed by atoms with van der Waals surface area (Å²) in [5.41, 5.74) is 0. The highest BCUT2D eigenvalue weighted by molar-refractivity contribution is 7.16. The Morgan fingerprint density at radius 2 is 2.25 bits per heavy atom. The second-order valence-corrected chi connectivity index (χ2v) is 6.36. The largest absolute Gasteiger partial charge is 0.334 e. The van der Waals surface area contributed by atoms with Crippen LogP contribution in [-0.2, 0) is 6.54 Å². The summed E-state index contributed by atoms with van der Waals surface area (Å²) in [5.74, 6) is 0. The standard InChI is InChI=1S/C13H17ClN4OS/c1-9(8-18-7-3-6-15-18)16-13(19)17-10(2)11-4-5-12(14)20-11/h3-7,9-10H,8H2,1-2H3,(H2,16,17,19)/t9-,10+/m0/s1. The molecule has 5 nitrogen and oxygen atoms in total. The number of carbonyl (C=O) groups excluding carboxylic acids is 1.